The molecule has 1 aromatic heterocycles. The highest BCUT2D eigenvalue weighted by atomic mass is 32.2. The second kappa shape index (κ2) is 9.56. The first kappa shape index (κ1) is 20.9. The van der Waals surface area contributed by atoms with Crippen LogP contribution in [0.15, 0.2) is 29.4 Å². The van der Waals surface area contributed by atoms with Crippen LogP contribution in [0, 0.1) is 5.92 Å². The molecule has 3 rings (SSSR count). The maximum Gasteiger partial charge on any atom is 0.215 e. The van der Waals surface area contributed by atoms with Crippen molar-refractivity contribution in [2.24, 2.45) is 10.9 Å². The summed E-state index contributed by atoms with van der Waals surface area (Å²) in [7, 11) is -1.53. The fourth-order valence-electron chi connectivity index (χ4n) is 3.87. The summed E-state index contributed by atoms with van der Waals surface area (Å²) in [4.78, 5) is 13.0. The second-order valence-corrected chi connectivity index (χ2v) is 9.65. The molecule has 0 amide bonds. The molecule has 8 nitrogen and oxygen atoms in total. The molecule has 1 unspecified atom stereocenters. The molecule has 0 aromatic carbocycles. The minimum absolute atomic E-state index is 0.0823. The Hall–Kier alpha value is -1.87. The molecule has 28 heavy (non-hydrogen) atoms. The van der Waals surface area contributed by atoms with Crippen LogP contribution >= 0.6 is 0 Å². The summed E-state index contributed by atoms with van der Waals surface area (Å²) in [6.45, 7) is 6.89. The molecule has 2 saturated heterocycles. The number of aliphatic imine (C=N–C) groups is 1. The molecule has 0 radical (unpaired) electrons. The Kier molecular flexibility index (Phi) is 7.12. The van der Waals surface area contributed by atoms with Gasteiger partial charge in [0.15, 0.2) is 5.96 Å². The van der Waals surface area contributed by atoms with Gasteiger partial charge >= 0.3 is 0 Å². The van der Waals surface area contributed by atoms with Crippen molar-refractivity contribution in [2.75, 3.05) is 63.5 Å². The number of piperazine rings is 1. The number of hydrogen-bond acceptors (Lipinski definition) is 5. The molecule has 3 heterocycles. The Bertz CT molecular complexity index is 747. The van der Waals surface area contributed by atoms with E-state index in [4.69, 9.17) is 0 Å². The predicted octanol–water partition coefficient (Wildman–Crippen LogP) is 0.841. The van der Waals surface area contributed by atoms with E-state index in [2.05, 4.69) is 32.0 Å². The number of likely N-dealkylation sites (tertiary alicyclic amines) is 1. The Labute approximate surface area is 168 Å². The molecule has 0 spiro atoms. The zero-order chi connectivity index (χ0) is 20.0. The maximum absolute atomic E-state index is 12.7. The predicted molar refractivity (Wildman–Crippen MR) is 113 cm³/mol. The van der Waals surface area contributed by atoms with E-state index in [0.717, 1.165) is 31.3 Å². The van der Waals surface area contributed by atoms with E-state index >= 15 is 0 Å². The lowest BCUT2D eigenvalue weighted by atomic mass is 10.0. The fourth-order valence-corrected chi connectivity index (χ4v) is 5.21. The van der Waals surface area contributed by atoms with Crippen molar-refractivity contribution in [1.29, 1.82) is 0 Å². The van der Waals surface area contributed by atoms with Gasteiger partial charge in [-0.1, -0.05) is 13.0 Å². The van der Waals surface area contributed by atoms with Crippen LogP contribution in [0.25, 0.3) is 0 Å². The van der Waals surface area contributed by atoms with Crippen molar-refractivity contribution >= 4 is 21.8 Å². The molecule has 1 aromatic rings. The third-order valence-corrected chi connectivity index (χ3v) is 7.29. The van der Waals surface area contributed by atoms with Gasteiger partial charge in [-0.3, -0.25) is 4.99 Å². The molecule has 1 N–H and O–H groups in total. The largest absolute Gasteiger partial charge is 0.355 e. The summed E-state index contributed by atoms with van der Waals surface area (Å²) in [6.07, 6.45) is 4.16. The van der Waals surface area contributed by atoms with Crippen LogP contribution in [-0.4, -0.2) is 87.2 Å². The summed E-state index contributed by atoms with van der Waals surface area (Å²) >= 11 is 0. The van der Waals surface area contributed by atoms with Crippen molar-refractivity contribution in [3.05, 3.63) is 24.4 Å². The Morgan fingerprint density at radius 3 is 2.68 bits per heavy atom. The third-order valence-electron chi connectivity index (χ3n) is 5.42. The van der Waals surface area contributed by atoms with E-state index in [-0.39, 0.29) is 5.75 Å². The van der Waals surface area contributed by atoms with Gasteiger partial charge in [0.25, 0.3) is 0 Å². The average molecular weight is 409 g/mol. The Morgan fingerprint density at radius 2 is 2.04 bits per heavy atom. The van der Waals surface area contributed by atoms with E-state index in [9.17, 15) is 8.42 Å². The SMILES string of the molecule is CN=C(NCCS(=O)(=O)N1CCN(c2ccccn2)CC1)N1CCCC(C)C1. The molecular weight excluding hydrogens is 376 g/mol. The first-order chi connectivity index (χ1) is 13.5. The topological polar surface area (TPSA) is 81.1 Å². The fraction of sp³-hybridized carbons (Fsp3) is 0.684. The monoisotopic (exact) mass is 408 g/mol. The standard InChI is InChI=1S/C19H32N6O2S/c1-17-6-5-10-24(16-17)19(20-2)22-9-15-28(26,27)25-13-11-23(12-14-25)18-7-3-4-8-21-18/h3-4,7-8,17H,5-6,9-16H2,1-2H3,(H,20,22). The summed E-state index contributed by atoms with van der Waals surface area (Å²) in [5.74, 6) is 2.44. The summed E-state index contributed by atoms with van der Waals surface area (Å²) in [6, 6.07) is 5.80. The van der Waals surface area contributed by atoms with Gasteiger partial charge in [-0.25, -0.2) is 13.4 Å². The lowest BCUT2D eigenvalue weighted by molar-refractivity contribution is 0.266. The number of sulfonamides is 1. The average Bonchev–Trinajstić information content (AvgIpc) is 2.72. The molecule has 0 bridgehead atoms. The number of nitrogens with one attached hydrogen (secondary N) is 1. The molecule has 2 aliphatic rings. The van der Waals surface area contributed by atoms with Gasteiger partial charge in [-0.05, 0) is 30.9 Å². The lowest BCUT2D eigenvalue weighted by Gasteiger charge is -2.35. The van der Waals surface area contributed by atoms with Gasteiger partial charge in [0, 0.05) is 59.1 Å². The van der Waals surface area contributed by atoms with E-state index in [1.807, 2.05) is 18.2 Å². The highest BCUT2D eigenvalue weighted by molar-refractivity contribution is 7.89. The maximum atomic E-state index is 12.7. The van der Waals surface area contributed by atoms with Crippen molar-refractivity contribution < 1.29 is 8.42 Å². The summed E-state index contributed by atoms with van der Waals surface area (Å²) < 4.78 is 27.0. The molecule has 156 valence electrons. The Morgan fingerprint density at radius 1 is 1.25 bits per heavy atom. The number of hydrogen-bond donors (Lipinski definition) is 1. The van der Waals surface area contributed by atoms with Gasteiger partial charge in [0.05, 0.1) is 5.75 Å². The first-order valence-electron chi connectivity index (χ1n) is 10.1. The van der Waals surface area contributed by atoms with Crippen molar-refractivity contribution in [1.82, 2.24) is 19.5 Å². The molecule has 1 atom stereocenters. The number of piperidine rings is 1. The van der Waals surface area contributed by atoms with Crippen LogP contribution in [0.3, 0.4) is 0 Å². The lowest BCUT2D eigenvalue weighted by Crippen LogP contribution is -2.51. The van der Waals surface area contributed by atoms with Crippen molar-refractivity contribution in [3.63, 3.8) is 0 Å². The van der Waals surface area contributed by atoms with Crippen LogP contribution in [0.4, 0.5) is 5.82 Å². The molecule has 2 fully saturated rings. The summed E-state index contributed by atoms with van der Waals surface area (Å²) in [5.41, 5.74) is 0. The quantitative estimate of drug-likeness (QED) is 0.574. The van der Waals surface area contributed by atoms with Crippen LogP contribution in [0.2, 0.25) is 0 Å². The van der Waals surface area contributed by atoms with Crippen LogP contribution in [0.1, 0.15) is 19.8 Å². The normalized spacial score (nSPS) is 22.4. The third kappa shape index (κ3) is 5.35. The molecule has 2 aliphatic heterocycles. The number of aromatic nitrogens is 1. The number of rotatable bonds is 5. The zero-order valence-corrected chi connectivity index (χ0v) is 17.7. The highest BCUT2D eigenvalue weighted by Crippen LogP contribution is 2.16. The van der Waals surface area contributed by atoms with E-state index in [1.165, 1.54) is 6.42 Å². The van der Waals surface area contributed by atoms with Crippen molar-refractivity contribution in [3.8, 4) is 0 Å². The van der Waals surface area contributed by atoms with Gasteiger partial charge in [0.1, 0.15) is 5.82 Å². The highest BCUT2D eigenvalue weighted by Gasteiger charge is 2.27. The molecular formula is C19H32N6O2S. The van der Waals surface area contributed by atoms with Gasteiger partial charge in [0.2, 0.25) is 10.0 Å². The van der Waals surface area contributed by atoms with E-state index < -0.39 is 10.0 Å². The first-order valence-corrected chi connectivity index (χ1v) is 11.7. The zero-order valence-electron chi connectivity index (χ0n) is 16.9. The van der Waals surface area contributed by atoms with E-state index in [0.29, 0.717) is 38.6 Å². The van der Waals surface area contributed by atoms with Gasteiger partial charge < -0.3 is 15.1 Å². The summed E-state index contributed by atoms with van der Waals surface area (Å²) in [5, 5.41) is 3.24. The molecule has 9 heteroatoms. The smallest absolute Gasteiger partial charge is 0.215 e. The Balaban J connectivity index is 1.46. The van der Waals surface area contributed by atoms with Crippen LogP contribution in [0.5, 0.6) is 0 Å². The van der Waals surface area contributed by atoms with Crippen LogP contribution < -0.4 is 10.2 Å². The second-order valence-electron chi connectivity index (χ2n) is 7.56. The molecule has 0 aliphatic carbocycles. The van der Waals surface area contributed by atoms with Crippen molar-refractivity contribution in [2.45, 2.75) is 19.8 Å². The minimum atomic E-state index is -3.28. The number of pyridine rings is 1. The number of anilines is 1. The van der Waals surface area contributed by atoms with Gasteiger partial charge in [-0.2, -0.15) is 4.31 Å². The number of nitrogens with zero attached hydrogens (tertiary/aromatic N) is 5. The van der Waals surface area contributed by atoms with Crippen LogP contribution in [-0.2, 0) is 10.0 Å². The van der Waals surface area contributed by atoms with Gasteiger partial charge in [-0.15, -0.1) is 0 Å². The minimum Gasteiger partial charge on any atom is -0.355 e. The molecule has 0 saturated carbocycles. The number of guanidine groups is 1. The van der Waals surface area contributed by atoms with E-state index in [1.54, 1.807) is 17.5 Å².